The number of non-ortho nitro benzene ring substituents is 1. The lowest BCUT2D eigenvalue weighted by molar-refractivity contribution is -0.384. The Bertz CT molecular complexity index is 349. The molecule has 0 radical (unpaired) electrons. The normalized spacial score (nSPS) is 12.4. The van der Waals surface area contributed by atoms with Crippen LogP contribution in [-0.4, -0.2) is 11.5 Å². The standard InChI is InChI=1S/C13H20N2O2/c1-3-4-5-10-14-11(2)12-6-8-13(9-7-12)15(16)17/h6-9,11,14H,3-5,10H2,1-2H3. The number of nitrogens with one attached hydrogen (secondary N) is 1. The van der Waals surface area contributed by atoms with Crippen LogP contribution in [0.1, 0.15) is 44.7 Å². The highest BCUT2D eigenvalue weighted by molar-refractivity contribution is 5.33. The first-order chi connectivity index (χ1) is 8.15. The van der Waals surface area contributed by atoms with E-state index in [-0.39, 0.29) is 16.7 Å². The highest BCUT2D eigenvalue weighted by atomic mass is 16.6. The molecule has 0 saturated heterocycles. The molecular weight excluding hydrogens is 216 g/mol. The SMILES string of the molecule is CCCCCNC(C)c1ccc([N+](=O)[O-])cc1. The summed E-state index contributed by atoms with van der Waals surface area (Å²) in [6.07, 6.45) is 3.63. The van der Waals surface area contributed by atoms with Crippen LogP contribution in [0.2, 0.25) is 0 Å². The van der Waals surface area contributed by atoms with Gasteiger partial charge in [-0.15, -0.1) is 0 Å². The third-order valence-corrected chi connectivity index (χ3v) is 2.83. The van der Waals surface area contributed by atoms with Crippen molar-refractivity contribution in [2.75, 3.05) is 6.54 Å². The monoisotopic (exact) mass is 236 g/mol. The molecule has 1 aromatic carbocycles. The van der Waals surface area contributed by atoms with Crippen LogP contribution in [0.5, 0.6) is 0 Å². The molecule has 0 aromatic heterocycles. The van der Waals surface area contributed by atoms with Gasteiger partial charge < -0.3 is 5.32 Å². The van der Waals surface area contributed by atoms with E-state index in [0.717, 1.165) is 12.1 Å². The molecule has 0 heterocycles. The minimum Gasteiger partial charge on any atom is -0.310 e. The molecule has 17 heavy (non-hydrogen) atoms. The molecule has 1 unspecified atom stereocenters. The van der Waals surface area contributed by atoms with Crippen LogP contribution in [0.4, 0.5) is 5.69 Å². The smallest absolute Gasteiger partial charge is 0.269 e. The topological polar surface area (TPSA) is 55.2 Å². The molecule has 1 N–H and O–H groups in total. The van der Waals surface area contributed by atoms with E-state index in [9.17, 15) is 10.1 Å². The van der Waals surface area contributed by atoms with Gasteiger partial charge in [0.05, 0.1) is 4.92 Å². The number of rotatable bonds is 7. The molecule has 0 aliphatic heterocycles. The Morgan fingerprint density at radius 3 is 2.47 bits per heavy atom. The van der Waals surface area contributed by atoms with Gasteiger partial charge in [0.15, 0.2) is 0 Å². The summed E-state index contributed by atoms with van der Waals surface area (Å²) in [5, 5.41) is 13.9. The minimum atomic E-state index is -0.372. The fraction of sp³-hybridized carbons (Fsp3) is 0.538. The molecular formula is C13H20N2O2. The van der Waals surface area contributed by atoms with E-state index in [2.05, 4.69) is 19.2 Å². The van der Waals surface area contributed by atoms with Crippen molar-refractivity contribution in [3.63, 3.8) is 0 Å². The fourth-order valence-corrected chi connectivity index (χ4v) is 1.70. The van der Waals surface area contributed by atoms with Gasteiger partial charge in [0.2, 0.25) is 0 Å². The zero-order valence-electron chi connectivity index (χ0n) is 10.5. The third kappa shape index (κ3) is 4.53. The average molecular weight is 236 g/mol. The molecule has 0 spiro atoms. The molecule has 0 aliphatic carbocycles. The van der Waals surface area contributed by atoms with E-state index < -0.39 is 0 Å². The number of unbranched alkanes of at least 4 members (excludes halogenated alkanes) is 2. The van der Waals surface area contributed by atoms with Crippen molar-refractivity contribution >= 4 is 5.69 Å². The van der Waals surface area contributed by atoms with E-state index >= 15 is 0 Å². The van der Waals surface area contributed by atoms with Crippen LogP contribution in [0.25, 0.3) is 0 Å². The number of nitro benzene ring substituents is 1. The first-order valence-electron chi connectivity index (χ1n) is 6.13. The van der Waals surface area contributed by atoms with E-state index in [1.54, 1.807) is 12.1 Å². The van der Waals surface area contributed by atoms with Crippen LogP contribution >= 0.6 is 0 Å². The van der Waals surface area contributed by atoms with Gasteiger partial charge in [-0.05, 0) is 25.5 Å². The van der Waals surface area contributed by atoms with Crippen molar-refractivity contribution in [1.29, 1.82) is 0 Å². The number of hydrogen-bond acceptors (Lipinski definition) is 3. The molecule has 4 nitrogen and oxygen atoms in total. The van der Waals surface area contributed by atoms with Crippen molar-refractivity contribution in [2.24, 2.45) is 0 Å². The largest absolute Gasteiger partial charge is 0.310 e. The predicted molar refractivity (Wildman–Crippen MR) is 69.0 cm³/mol. The Balaban J connectivity index is 2.46. The Labute approximate surface area is 102 Å². The fourth-order valence-electron chi connectivity index (χ4n) is 1.70. The first-order valence-corrected chi connectivity index (χ1v) is 6.13. The summed E-state index contributed by atoms with van der Waals surface area (Å²) in [5.41, 5.74) is 1.24. The highest BCUT2D eigenvalue weighted by Gasteiger charge is 2.07. The molecule has 1 rings (SSSR count). The lowest BCUT2D eigenvalue weighted by atomic mass is 10.1. The van der Waals surface area contributed by atoms with Gasteiger partial charge in [0, 0.05) is 18.2 Å². The molecule has 94 valence electrons. The Morgan fingerprint density at radius 2 is 1.94 bits per heavy atom. The summed E-state index contributed by atoms with van der Waals surface area (Å²) < 4.78 is 0. The Kier molecular flexibility index (Phi) is 5.63. The molecule has 4 heteroatoms. The Hall–Kier alpha value is -1.42. The van der Waals surface area contributed by atoms with Crippen molar-refractivity contribution in [1.82, 2.24) is 5.32 Å². The van der Waals surface area contributed by atoms with Gasteiger partial charge in [-0.1, -0.05) is 31.9 Å². The average Bonchev–Trinajstić information content (AvgIpc) is 2.34. The van der Waals surface area contributed by atoms with E-state index in [1.807, 2.05) is 12.1 Å². The summed E-state index contributed by atoms with van der Waals surface area (Å²) in [6, 6.07) is 6.98. The van der Waals surface area contributed by atoms with E-state index in [4.69, 9.17) is 0 Å². The van der Waals surface area contributed by atoms with Gasteiger partial charge in [-0.3, -0.25) is 10.1 Å². The highest BCUT2D eigenvalue weighted by Crippen LogP contribution is 2.17. The van der Waals surface area contributed by atoms with Crippen molar-refractivity contribution in [3.8, 4) is 0 Å². The zero-order chi connectivity index (χ0) is 12.7. The van der Waals surface area contributed by atoms with Crippen LogP contribution in [0.3, 0.4) is 0 Å². The number of benzene rings is 1. The molecule has 1 aromatic rings. The van der Waals surface area contributed by atoms with E-state index in [1.165, 1.54) is 19.3 Å². The van der Waals surface area contributed by atoms with Crippen LogP contribution < -0.4 is 5.32 Å². The number of hydrogen-bond donors (Lipinski definition) is 1. The van der Waals surface area contributed by atoms with Gasteiger partial charge in [-0.25, -0.2) is 0 Å². The zero-order valence-corrected chi connectivity index (χ0v) is 10.5. The van der Waals surface area contributed by atoms with Crippen molar-refractivity contribution < 1.29 is 4.92 Å². The molecule has 0 aliphatic rings. The van der Waals surface area contributed by atoms with Gasteiger partial charge >= 0.3 is 0 Å². The second-order valence-electron chi connectivity index (χ2n) is 4.23. The molecule has 0 bridgehead atoms. The number of nitrogens with zero attached hydrogens (tertiary/aromatic N) is 1. The quantitative estimate of drug-likeness (QED) is 0.448. The van der Waals surface area contributed by atoms with Gasteiger partial charge in [0.1, 0.15) is 0 Å². The summed E-state index contributed by atoms with van der Waals surface area (Å²) in [6.45, 7) is 5.25. The van der Waals surface area contributed by atoms with Crippen molar-refractivity contribution in [3.05, 3.63) is 39.9 Å². The predicted octanol–water partition coefficient (Wildman–Crippen LogP) is 3.44. The van der Waals surface area contributed by atoms with Crippen LogP contribution in [-0.2, 0) is 0 Å². The maximum Gasteiger partial charge on any atom is 0.269 e. The second-order valence-corrected chi connectivity index (χ2v) is 4.23. The third-order valence-electron chi connectivity index (χ3n) is 2.83. The maximum absolute atomic E-state index is 10.5. The summed E-state index contributed by atoms with van der Waals surface area (Å²) >= 11 is 0. The van der Waals surface area contributed by atoms with Crippen LogP contribution in [0, 0.1) is 10.1 Å². The molecule has 0 amide bonds. The molecule has 0 fully saturated rings. The van der Waals surface area contributed by atoms with Gasteiger partial charge in [-0.2, -0.15) is 0 Å². The summed E-state index contributed by atoms with van der Waals surface area (Å²) in [5.74, 6) is 0. The summed E-state index contributed by atoms with van der Waals surface area (Å²) in [4.78, 5) is 10.1. The van der Waals surface area contributed by atoms with E-state index in [0.29, 0.717) is 0 Å². The van der Waals surface area contributed by atoms with Crippen LogP contribution in [0.15, 0.2) is 24.3 Å². The Morgan fingerprint density at radius 1 is 1.29 bits per heavy atom. The first kappa shape index (κ1) is 13.6. The molecule has 0 saturated carbocycles. The lowest BCUT2D eigenvalue weighted by Crippen LogP contribution is -2.19. The molecule has 1 atom stereocenters. The maximum atomic E-state index is 10.5. The second kappa shape index (κ2) is 7.01. The summed E-state index contributed by atoms with van der Waals surface area (Å²) in [7, 11) is 0. The number of nitro groups is 1. The van der Waals surface area contributed by atoms with Gasteiger partial charge in [0.25, 0.3) is 5.69 Å². The lowest BCUT2D eigenvalue weighted by Gasteiger charge is -2.13. The minimum absolute atomic E-state index is 0.145. The van der Waals surface area contributed by atoms with Crippen molar-refractivity contribution in [2.45, 2.75) is 39.2 Å².